The lowest BCUT2D eigenvalue weighted by molar-refractivity contribution is 0.214. The predicted molar refractivity (Wildman–Crippen MR) is 82.9 cm³/mol. The van der Waals surface area contributed by atoms with E-state index in [0.717, 1.165) is 0 Å². The molecule has 1 atom stereocenters. The lowest BCUT2D eigenvalue weighted by atomic mass is 10.3. The molecule has 118 valence electrons. The van der Waals surface area contributed by atoms with Gasteiger partial charge >= 0.3 is 0 Å². The van der Waals surface area contributed by atoms with E-state index in [-0.39, 0.29) is 10.3 Å². The quantitative estimate of drug-likeness (QED) is 0.833. The third-order valence-corrected chi connectivity index (χ3v) is 6.72. The minimum Gasteiger partial charge on any atom is -0.494 e. The Bertz CT molecular complexity index is 730. The molecule has 0 bridgehead atoms. The Labute approximate surface area is 133 Å². The second kappa shape index (κ2) is 6.23. The first-order valence-electron chi connectivity index (χ1n) is 6.79. The molecule has 0 aliphatic carbocycles. The second-order valence-corrected chi connectivity index (χ2v) is 7.91. The average molecular weight is 340 g/mol. The van der Waals surface area contributed by atoms with Crippen LogP contribution in [0, 0.1) is 0 Å². The van der Waals surface area contributed by atoms with Crippen LogP contribution in [0.25, 0.3) is 0 Å². The molecule has 6 nitrogen and oxygen atoms in total. The molecule has 1 fully saturated rings. The van der Waals surface area contributed by atoms with E-state index < -0.39 is 10.0 Å². The lowest BCUT2D eigenvalue weighted by Gasteiger charge is -2.17. The van der Waals surface area contributed by atoms with E-state index in [1.165, 1.54) is 22.8 Å². The first-order chi connectivity index (χ1) is 10.6. The minimum absolute atomic E-state index is 0.162. The van der Waals surface area contributed by atoms with Gasteiger partial charge in [-0.15, -0.1) is 11.3 Å². The number of aromatic nitrogens is 1. The van der Waals surface area contributed by atoms with Crippen LogP contribution in [0.3, 0.4) is 0 Å². The fourth-order valence-corrected chi connectivity index (χ4v) is 5.26. The van der Waals surface area contributed by atoms with Crippen molar-refractivity contribution in [3.8, 4) is 11.5 Å². The van der Waals surface area contributed by atoms with E-state index >= 15 is 0 Å². The zero-order chi connectivity index (χ0) is 15.6. The number of hydrogen-bond donors (Lipinski definition) is 0. The largest absolute Gasteiger partial charge is 0.494 e. The smallest absolute Gasteiger partial charge is 0.256 e. The van der Waals surface area contributed by atoms with Gasteiger partial charge in [-0.2, -0.15) is 4.31 Å². The SMILES string of the molecule is COc1ccsc1S(=O)(=O)N1CCC(Oc2cccnc2)C1. The third-order valence-electron chi connectivity index (χ3n) is 3.43. The number of methoxy groups -OCH3 is 1. The van der Waals surface area contributed by atoms with Gasteiger partial charge in [-0.25, -0.2) is 8.42 Å². The molecule has 3 rings (SSSR count). The van der Waals surface area contributed by atoms with Gasteiger partial charge in [0.05, 0.1) is 19.9 Å². The summed E-state index contributed by atoms with van der Waals surface area (Å²) in [4.78, 5) is 3.99. The Balaban J connectivity index is 1.72. The monoisotopic (exact) mass is 340 g/mol. The van der Waals surface area contributed by atoms with Gasteiger partial charge in [0, 0.05) is 12.7 Å². The van der Waals surface area contributed by atoms with Crippen molar-refractivity contribution in [3.63, 3.8) is 0 Å². The van der Waals surface area contributed by atoms with E-state index in [0.29, 0.717) is 31.0 Å². The van der Waals surface area contributed by atoms with Crippen molar-refractivity contribution in [2.45, 2.75) is 16.7 Å². The number of pyridine rings is 1. The van der Waals surface area contributed by atoms with E-state index in [1.54, 1.807) is 29.9 Å². The van der Waals surface area contributed by atoms with Crippen LogP contribution in [0.15, 0.2) is 40.2 Å². The van der Waals surface area contributed by atoms with Crippen LogP contribution in [-0.2, 0) is 10.0 Å². The number of hydrogen-bond acceptors (Lipinski definition) is 6. The maximum Gasteiger partial charge on any atom is 0.256 e. The molecule has 3 heterocycles. The van der Waals surface area contributed by atoms with Gasteiger partial charge in [0.1, 0.15) is 17.6 Å². The molecule has 0 radical (unpaired) electrons. The first kappa shape index (κ1) is 15.3. The molecule has 0 saturated carbocycles. The van der Waals surface area contributed by atoms with Crippen LogP contribution in [-0.4, -0.2) is 44.0 Å². The molecule has 0 N–H and O–H groups in total. The van der Waals surface area contributed by atoms with Gasteiger partial charge in [-0.05, 0) is 30.0 Å². The molecular formula is C14H16N2O4S2. The van der Waals surface area contributed by atoms with Gasteiger partial charge in [-0.1, -0.05) is 0 Å². The van der Waals surface area contributed by atoms with E-state index in [2.05, 4.69) is 4.98 Å². The molecule has 0 aromatic carbocycles. The van der Waals surface area contributed by atoms with E-state index in [1.807, 2.05) is 6.07 Å². The highest BCUT2D eigenvalue weighted by Crippen LogP contribution is 2.33. The van der Waals surface area contributed by atoms with E-state index in [9.17, 15) is 8.42 Å². The van der Waals surface area contributed by atoms with Gasteiger partial charge in [0.15, 0.2) is 4.21 Å². The van der Waals surface area contributed by atoms with Crippen LogP contribution >= 0.6 is 11.3 Å². The molecule has 2 aromatic rings. The fourth-order valence-electron chi connectivity index (χ4n) is 2.36. The van der Waals surface area contributed by atoms with Crippen molar-refractivity contribution in [2.75, 3.05) is 20.2 Å². The molecule has 1 aliphatic rings. The summed E-state index contributed by atoms with van der Waals surface area (Å²) in [6, 6.07) is 5.26. The van der Waals surface area contributed by atoms with Gasteiger partial charge in [-0.3, -0.25) is 4.98 Å². The minimum atomic E-state index is -3.53. The number of sulfonamides is 1. The molecule has 0 spiro atoms. The molecule has 1 aliphatic heterocycles. The Morgan fingerprint density at radius 2 is 2.27 bits per heavy atom. The summed E-state index contributed by atoms with van der Waals surface area (Å²) >= 11 is 1.17. The summed E-state index contributed by atoms with van der Waals surface area (Å²) in [5.74, 6) is 1.04. The summed E-state index contributed by atoms with van der Waals surface area (Å²) in [5.41, 5.74) is 0. The van der Waals surface area contributed by atoms with Crippen molar-refractivity contribution < 1.29 is 17.9 Å². The molecule has 8 heteroatoms. The molecule has 1 saturated heterocycles. The molecule has 0 amide bonds. The van der Waals surface area contributed by atoms with E-state index in [4.69, 9.17) is 9.47 Å². The number of rotatable bonds is 5. The van der Waals surface area contributed by atoms with Crippen molar-refractivity contribution in [2.24, 2.45) is 0 Å². The Morgan fingerprint density at radius 1 is 1.41 bits per heavy atom. The molecule has 2 aromatic heterocycles. The highest BCUT2D eigenvalue weighted by molar-refractivity contribution is 7.91. The second-order valence-electron chi connectivity index (χ2n) is 4.86. The van der Waals surface area contributed by atoms with Crippen molar-refractivity contribution in [1.29, 1.82) is 0 Å². The maximum atomic E-state index is 12.7. The number of ether oxygens (including phenoxy) is 2. The summed E-state index contributed by atoms with van der Waals surface area (Å²) < 4.78 is 37.9. The fraction of sp³-hybridized carbons (Fsp3) is 0.357. The first-order valence-corrected chi connectivity index (χ1v) is 9.11. The summed E-state index contributed by atoms with van der Waals surface area (Å²) in [7, 11) is -2.06. The van der Waals surface area contributed by atoms with Crippen molar-refractivity contribution in [1.82, 2.24) is 9.29 Å². The number of thiophene rings is 1. The topological polar surface area (TPSA) is 68.7 Å². The number of nitrogens with zero attached hydrogens (tertiary/aromatic N) is 2. The van der Waals surface area contributed by atoms with Crippen LogP contribution in [0.2, 0.25) is 0 Å². The average Bonchev–Trinajstić information content (AvgIpc) is 3.17. The van der Waals surface area contributed by atoms with Gasteiger partial charge in [0.2, 0.25) is 0 Å². The normalized spacial score (nSPS) is 19.2. The highest BCUT2D eigenvalue weighted by atomic mass is 32.2. The zero-order valence-corrected chi connectivity index (χ0v) is 13.6. The highest BCUT2D eigenvalue weighted by Gasteiger charge is 2.36. The van der Waals surface area contributed by atoms with Crippen molar-refractivity contribution >= 4 is 21.4 Å². The van der Waals surface area contributed by atoms with Gasteiger partial charge < -0.3 is 9.47 Å². The van der Waals surface area contributed by atoms with Crippen LogP contribution in [0.4, 0.5) is 0 Å². The Morgan fingerprint density at radius 3 is 3.00 bits per heavy atom. The van der Waals surface area contributed by atoms with Gasteiger partial charge in [0.25, 0.3) is 10.0 Å². The van der Waals surface area contributed by atoms with Crippen molar-refractivity contribution in [3.05, 3.63) is 36.0 Å². The van der Waals surface area contributed by atoms with Crippen LogP contribution in [0.1, 0.15) is 6.42 Å². The molecular weight excluding hydrogens is 324 g/mol. The maximum absolute atomic E-state index is 12.7. The van der Waals surface area contributed by atoms with Crippen LogP contribution < -0.4 is 9.47 Å². The predicted octanol–water partition coefficient (Wildman–Crippen LogP) is 1.99. The zero-order valence-electron chi connectivity index (χ0n) is 12.0. The molecule has 1 unspecified atom stereocenters. The Hall–Kier alpha value is -1.64. The standard InChI is InChI=1S/C14H16N2O4S2/c1-19-13-5-8-21-14(13)22(17,18)16-7-4-12(10-16)20-11-3-2-6-15-9-11/h2-3,5-6,8-9,12H,4,7,10H2,1H3. The Kier molecular flexibility index (Phi) is 4.32. The third kappa shape index (κ3) is 2.94. The lowest BCUT2D eigenvalue weighted by Crippen LogP contribution is -2.30. The van der Waals surface area contributed by atoms with Crippen LogP contribution in [0.5, 0.6) is 11.5 Å². The summed E-state index contributed by atoms with van der Waals surface area (Å²) in [6.45, 7) is 0.770. The molecule has 22 heavy (non-hydrogen) atoms. The summed E-state index contributed by atoms with van der Waals surface area (Å²) in [6.07, 6.45) is 3.78. The summed E-state index contributed by atoms with van der Waals surface area (Å²) in [5, 5.41) is 1.71.